The number of thioether (sulfide) groups is 1. The quantitative estimate of drug-likeness (QED) is 0.626. The van der Waals surface area contributed by atoms with Gasteiger partial charge in [0.25, 0.3) is 0 Å². The van der Waals surface area contributed by atoms with Crippen molar-refractivity contribution in [3.8, 4) is 5.75 Å². The molecule has 1 unspecified atom stereocenters. The molecule has 7 heteroatoms. The number of ether oxygens (including phenoxy) is 2. The molecule has 2 rings (SSSR count). The van der Waals surface area contributed by atoms with Crippen LogP contribution in [-0.4, -0.2) is 40.9 Å². The van der Waals surface area contributed by atoms with Gasteiger partial charge in [-0.3, -0.25) is 4.79 Å². The number of hydrogen-bond acceptors (Lipinski definition) is 6. The first-order valence-electron chi connectivity index (χ1n) is 6.59. The Labute approximate surface area is 127 Å². The van der Waals surface area contributed by atoms with E-state index in [-0.39, 0.29) is 0 Å². The van der Waals surface area contributed by atoms with E-state index in [1.807, 2.05) is 18.2 Å². The van der Waals surface area contributed by atoms with E-state index in [2.05, 4.69) is 9.97 Å². The van der Waals surface area contributed by atoms with Crippen molar-refractivity contribution < 1.29 is 14.3 Å². The Bertz CT molecular complexity index is 639. The number of carbonyl (C=O) groups excluding carboxylic acids is 1. The molecule has 0 aliphatic carbocycles. The first-order chi connectivity index (χ1) is 9.96. The fourth-order valence-electron chi connectivity index (χ4n) is 1.73. The number of esters is 1. The van der Waals surface area contributed by atoms with E-state index in [1.165, 1.54) is 11.8 Å². The van der Waals surface area contributed by atoms with Gasteiger partial charge in [0.1, 0.15) is 11.3 Å². The monoisotopic (exact) mass is 309 g/mol. The summed E-state index contributed by atoms with van der Waals surface area (Å²) in [7, 11) is 1.62. The summed E-state index contributed by atoms with van der Waals surface area (Å²) in [5, 5.41) is 0.708. The minimum absolute atomic E-state index is 0.320. The Morgan fingerprint density at radius 2 is 2.29 bits per heavy atom. The molecule has 0 aliphatic heterocycles. The van der Waals surface area contributed by atoms with Crippen molar-refractivity contribution >= 4 is 28.8 Å². The summed E-state index contributed by atoms with van der Waals surface area (Å²) in [4.78, 5) is 19.4. The minimum atomic E-state index is -1.04. The van der Waals surface area contributed by atoms with Crippen LogP contribution in [0.5, 0.6) is 5.75 Å². The lowest BCUT2D eigenvalue weighted by Gasteiger charge is -2.20. The number of hydrogen-bond donors (Lipinski definition) is 2. The summed E-state index contributed by atoms with van der Waals surface area (Å²) in [5.41, 5.74) is 6.65. The lowest BCUT2D eigenvalue weighted by Crippen LogP contribution is -2.48. The molecule has 1 atom stereocenters. The van der Waals surface area contributed by atoms with E-state index in [4.69, 9.17) is 15.2 Å². The highest BCUT2D eigenvalue weighted by atomic mass is 32.2. The third-order valence-corrected chi connectivity index (χ3v) is 4.13. The van der Waals surface area contributed by atoms with E-state index < -0.39 is 11.5 Å². The number of carbonyl (C=O) groups is 1. The summed E-state index contributed by atoms with van der Waals surface area (Å²) in [6.45, 7) is 3.73. The molecular weight excluding hydrogens is 290 g/mol. The largest absolute Gasteiger partial charge is 0.497 e. The van der Waals surface area contributed by atoms with E-state index in [9.17, 15) is 4.79 Å². The SMILES string of the molecule is CCOC(=O)C(C)(N)CSc1nc2ccc(OC)cc2[nH]1. The Balaban J connectivity index is 2.08. The number of rotatable bonds is 6. The van der Waals surface area contributed by atoms with Crippen LogP contribution in [0.25, 0.3) is 11.0 Å². The number of nitrogens with zero attached hydrogens (tertiary/aromatic N) is 1. The average Bonchev–Trinajstić information content (AvgIpc) is 2.87. The second kappa shape index (κ2) is 6.36. The van der Waals surface area contributed by atoms with Crippen LogP contribution in [-0.2, 0) is 9.53 Å². The highest BCUT2D eigenvalue weighted by Crippen LogP contribution is 2.25. The van der Waals surface area contributed by atoms with Crippen LogP contribution in [0.4, 0.5) is 0 Å². The van der Waals surface area contributed by atoms with Gasteiger partial charge in [-0.1, -0.05) is 11.8 Å². The molecule has 0 saturated heterocycles. The highest BCUT2D eigenvalue weighted by molar-refractivity contribution is 7.99. The van der Waals surface area contributed by atoms with Gasteiger partial charge in [0, 0.05) is 11.8 Å². The molecule has 0 amide bonds. The van der Waals surface area contributed by atoms with Crippen LogP contribution in [0.1, 0.15) is 13.8 Å². The molecule has 0 aliphatic rings. The molecule has 1 aromatic heterocycles. The van der Waals surface area contributed by atoms with Crippen molar-refractivity contribution in [3.63, 3.8) is 0 Å². The Hall–Kier alpha value is -1.73. The zero-order chi connectivity index (χ0) is 15.5. The van der Waals surface area contributed by atoms with Crippen molar-refractivity contribution in [2.45, 2.75) is 24.5 Å². The number of fused-ring (bicyclic) bond motifs is 1. The van der Waals surface area contributed by atoms with Crippen molar-refractivity contribution in [3.05, 3.63) is 18.2 Å². The summed E-state index contributed by atoms with van der Waals surface area (Å²) in [6.07, 6.45) is 0. The molecule has 0 spiro atoms. The number of imidazole rings is 1. The molecule has 1 aromatic carbocycles. The summed E-state index contributed by atoms with van der Waals surface area (Å²) < 4.78 is 10.1. The second-order valence-electron chi connectivity index (χ2n) is 4.85. The molecule has 0 saturated carbocycles. The lowest BCUT2D eigenvalue weighted by molar-refractivity contribution is -0.148. The van der Waals surface area contributed by atoms with E-state index in [0.29, 0.717) is 17.5 Å². The van der Waals surface area contributed by atoms with Gasteiger partial charge < -0.3 is 20.2 Å². The number of benzene rings is 1. The third kappa shape index (κ3) is 3.68. The minimum Gasteiger partial charge on any atom is -0.497 e. The number of methoxy groups -OCH3 is 1. The second-order valence-corrected chi connectivity index (χ2v) is 5.82. The van der Waals surface area contributed by atoms with Gasteiger partial charge >= 0.3 is 5.97 Å². The van der Waals surface area contributed by atoms with Crippen molar-refractivity contribution in [1.29, 1.82) is 0 Å². The number of nitrogens with one attached hydrogen (secondary N) is 1. The van der Waals surface area contributed by atoms with Gasteiger partial charge in [-0.2, -0.15) is 0 Å². The zero-order valence-corrected chi connectivity index (χ0v) is 13.1. The molecule has 21 heavy (non-hydrogen) atoms. The molecule has 1 heterocycles. The predicted molar refractivity (Wildman–Crippen MR) is 82.6 cm³/mol. The van der Waals surface area contributed by atoms with Gasteiger partial charge in [-0.25, -0.2) is 4.98 Å². The van der Waals surface area contributed by atoms with Crippen LogP contribution in [0.2, 0.25) is 0 Å². The summed E-state index contributed by atoms with van der Waals surface area (Å²) >= 11 is 1.39. The Morgan fingerprint density at radius 3 is 2.95 bits per heavy atom. The van der Waals surface area contributed by atoms with Crippen molar-refractivity contribution in [2.75, 3.05) is 19.5 Å². The molecule has 3 N–H and O–H groups in total. The Kier molecular flexibility index (Phi) is 4.74. The maximum atomic E-state index is 11.7. The van der Waals surface area contributed by atoms with Gasteiger partial charge in [0.15, 0.2) is 5.16 Å². The normalized spacial score (nSPS) is 13.9. The van der Waals surface area contributed by atoms with Crippen LogP contribution < -0.4 is 10.5 Å². The van der Waals surface area contributed by atoms with Gasteiger partial charge in [-0.05, 0) is 26.0 Å². The number of aromatic amines is 1. The van der Waals surface area contributed by atoms with Crippen LogP contribution >= 0.6 is 11.8 Å². The predicted octanol–water partition coefficient (Wildman–Crippen LogP) is 1.94. The molecule has 0 bridgehead atoms. The number of aromatic nitrogens is 2. The first-order valence-corrected chi connectivity index (χ1v) is 7.57. The van der Waals surface area contributed by atoms with Gasteiger partial charge in [-0.15, -0.1) is 0 Å². The Morgan fingerprint density at radius 1 is 1.52 bits per heavy atom. The number of H-pyrrole nitrogens is 1. The standard InChI is InChI=1S/C14H19N3O3S/c1-4-20-12(18)14(2,15)8-21-13-16-10-6-5-9(19-3)7-11(10)17-13/h5-7H,4,8,15H2,1-3H3,(H,16,17). The van der Waals surface area contributed by atoms with E-state index in [1.54, 1.807) is 21.0 Å². The maximum absolute atomic E-state index is 11.7. The third-order valence-electron chi connectivity index (χ3n) is 2.92. The van der Waals surface area contributed by atoms with Crippen molar-refractivity contribution in [1.82, 2.24) is 9.97 Å². The molecule has 2 aromatic rings. The molecule has 0 radical (unpaired) electrons. The molecule has 0 fully saturated rings. The lowest BCUT2D eigenvalue weighted by atomic mass is 10.1. The first kappa shape index (κ1) is 15.7. The fourth-order valence-corrected chi connectivity index (χ4v) is 2.63. The molecular formula is C14H19N3O3S. The number of nitrogens with two attached hydrogens (primary N) is 1. The molecule has 114 valence electrons. The van der Waals surface area contributed by atoms with E-state index >= 15 is 0 Å². The van der Waals surface area contributed by atoms with Crippen LogP contribution in [0.3, 0.4) is 0 Å². The van der Waals surface area contributed by atoms with E-state index in [0.717, 1.165) is 16.8 Å². The van der Waals surface area contributed by atoms with Crippen LogP contribution in [0, 0.1) is 0 Å². The van der Waals surface area contributed by atoms with Gasteiger partial charge in [0.2, 0.25) is 0 Å². The fraction of sp³-hybridized carbons (Fsp3) is 0.429. The zero-order valence-electron chi connectivity index (χ0n) is 12.3. The molecule has 6 nitrogen and oxygen atoms in total. The summed E-state index contributed by atoms with van der Waals surface area (Å²) in [5.74, 6) is 0.733. The van der Waals surface area contributed by atoms with Crippen LogP contribution in [0.15, 0.2) is 23.4 Å². The maximum Gasteiger partial charge on any atom is 0.326 e. The highest BCUT2D eigenvalue weighted by Gasteiger charge is 2.30. The summed E-state index contributed by atoms with van der Waals surface area (Å²) in [6, 6.07) is 5.60. The topological polar surface area (TPSA) is 90.2 Å². The smallest absolute Gasteiger partial charge is 0.326 e. The van der Waals surface area contributed by atoms with Crippen molar-refractivity contribution in [2.24, 2.45) is 5.73 Å². The van der Waals surface area contributed by atoms with Gasteiger partial charge in [0.05, 0.1) is 24.8 Å². The average molecular weight is 309 g/mol.